The fourth-order valence-corrected chi connectivity index (χ4v) is 3.25. The SMILES string of the molecule is CC(C(=O)O)n1c2ccc(Br)cc2c2cc(Br)ccc21. The lowest BCUT2D eigenvalue weighted by Crippen LogP contribution is -2.15. The third-order valence-corrected chi connectivity index (χ3v) is 4.46. The van der Waals surface area contributed by atoms with E-state index < -0.39 is 12.0 Å². The van der Waals surface area contributed by atoms with E-state index in [1.165, 1.54) is 0 Å². The van der Waals surface area contributed by atoms with Gasteiger partial charge >= 0.3 is 5.97 Å². The second kappa shape index (κ2) is 4.90. The van der Waals surface area contributed by atoms with Crippen molar-refractivity contribution in [3.63, 3.8) is 0 Å². The highest BCUT2D eigenvalue weighted by Gasteiger charge is 2.20. The molecular formula is C15H11Br2NO2. The van der Waals surface area contributed by atoms with Crippen LogP contribution in [0, 0.1) is 0 Å². The molecule has 5 heteroatoms. The summed E-state index contributed by atoms with van der Waals surface area (Å²) in [6.45, 7) is 1.70. The van der Waals surface area contributed by atoms with Crippen LogP contribution >= 0.6 is 31.9 Å². The van der Waals surface area contributed by atoms with Gasteiger partial charge in [0.2, 0.25) is 0 Å². The molecule has 0 radical (unpaired) electrons. The highest BCUT2D eigenvalue weighted by Crippen LogP contribution is 2.35. The number of nitrogens with zero attached hydrogens (tertiary/aromatic N) is 1. The first-order valence-corrected chi connectivity index (χ1v) is 7.69. The number of aromatic nitrogens is 1. The Bertz CT molecular complexity index is 779. The third kappa shape index (κ3) is 2.05. The lowest BCUT2D eigenvalue weighted by Gasteiger charge is -2.12. The summed E-state index contributed by atoms with van der Waals surface area (Å²) < 4.78 is 3.82. The van der Waals surface area contributed by atoms with E-state index in [0.717, 1.165) is 30.8 Å². The number of hydrogen-bond donors (Lipinski definition) is 1. The first-order chi connectivity index (χ1) is 9.49. The van der Waals surface area contributed by atoms with Gasteiger partial charge in [-0.05, 0) is 43.3 Å². The highest BCUT2D eigenvalue weighted by atomic mass is 79.9. The second-order valence-electron chi connectivity index (χ2n) is 4.71. The van der Waals surface area contributed by atoms with E-state index in [1.54, 1.807) is 6.92 Å². The van der Waals surface area contributed by atoms with Gasteiger partial charge in [0.15, 0.2) is 0 Å². The molecule has 0 fully saturated rings. The Morgan fingerprint density at radius 3 is 1.90 bits per heavy atom. The number of fused-ring (bicyclic) bond motifs is 3. The van der Waals surface area contributed by atoms with Gasteiger partial charge in [0.25, 0.3) is 0 Å². The monoisotopic (exact) mass is 395 g/mol. The fourth-order valence-electron chi connectivity index (χ4n) is 2.53. The lowest BCUT2D eigenvalue weighted by molar-refractivity contribution is -0.140. The van der Waals surface area contributed by atoms with E-state index in [4.69, 9.17) is 0 Å². The molecule has 0 aliphatic heterocycles. The van der Waals surface area contributed by atoms with Crippen LogP contribution < -0.4 is 0 Å². The maximum atomic E-state index is 11.4. The number of carbonyl (C=O) groups is 1. The Hall–Kier alpha value is -1.33. The molecule has 1 heterocycles. The minimum absolute atomic E-state index is 0.614. The minimum atomic E-state index is -0.838. The molecule has 3 aromatic rings. The summed E-state index contributed by atoms with van der Waals surface area (Å²) in [7, 11) is 0. The maximum absolute atomic E-state index is 11.4. The van der Waals surface area contributed by atoms with Crippen molar-refractivity contribution in [3.8, 4) is 0 Å². The van der Waals surface area contributed by atoms with E-state index in [2.05, 4.69) is 31.9 Å². The zero-order valence-corrected chi connectivity index (χ0v) is 13.8. The predicted molar refractivity (Wildman–Crippen MR) is 87.2 cm³/mol. The van der Waals surface area contributed by atoms with Crippen LogP contribution in [0.5, 0.6) is 0 Å². The van der Waals surface area contributed by atoms with Crippen LogP contribution in [0.15, 0.2) is 45.3 Å². The second-order valence-corrected chi connectivity index (χ2v) is 6.54. The van der Waals surface area contributed by atoms with Gasteiger partial charge in [-0.2, -0.15) is 0 Å². The fraction of sp³-hybridized carbons (Fsp3) is 0.133. The van der Waals surface area contributed by atoms with Gasteiger partial charge in [0.05, 0.1) is 0 Å². The zero-order valence-electron chi connectivity index (χ0n) is 10.6. The largest absolute Gasteiger partial charge is 0.480 e. The molecule has 0 bridgehead atoms. The number of halogens is 2. The summed E-state index contributed by atoms with van der Waals surface area (Å²) in [5.41, 5.74) is 1.85. The van der Waals surface area contributed by atoms with Crippen LogP contribution in [-0.4, -0.2) is 15.6 Å². The maximum Gasteiger partial charge on any atom is 0.326 e. The summed E-state index contributed by atoms with van der Waals surface area (Å²) in [6.07, 6.45) is 0. The number of rotatable bonds is 2. The van der Waals surface area contributed by atoms with E-state index in [1.807, 2.05) is 41.0 Å². The number of carboxylic acid groups (broad SMARTS) is 1. The molecule has 102 valence electrons. The van der Waals surface area contributed by atoms with Crippen molar-refractivity contribution in [1.82, 2.24) is 4.57 Å². The Morgan fingerprint density at radius 1 is 1.05 bits per heavy atom. The molecule has 3 nitrogen and oxygen atoms in total. The normalized spacial score (nSPS) is 12.9. The molecule has 0 amide bonds. The summed E-state index contributed by atoms with van der Waals surface area (Å²) in [5.74, 6) is -0.838. The molecule has 0 spiro atoms. The molecule has 0 aliphatic carbocycles. The first-order valence-electron chi connectivity index (χ1n) is 6.10. The van der Waals surface area contributed by atoms with Gasteiger partial charge in [0.1, 0.15) is 6.04 Å². The van der Waals surface area contributed by atoms with Gasteiger partial charge in [-0.25, -0.2) is 4.79 Å². The molecule has 0 aliphatic rings. The summed E-state index contributed by atoms with van der Waals surface area (Å²) in [4.78, 5) is 11.4. The van der Waals surface area contributed by atoms with E-state index in [0.29, 0.717) is 0 Å². The smallest absolute Gasteiger partial charge is 0.326 e. The number of benzene rings is 2. The molecule has 0 saturated carbocycles. The van der Waals surface area contributed by atoms with E-state index in [-0.39, 0.29) is 0 Å². The Labute approximate surface area is 132 Å². The molecule has 1 atom stereocenters. The lowest BCUT2D eigenvalue weighted by atomic mass is 10.2. The van der Waals surface area contributed by atoms with E-state index in [9.17, 15) is 9.90 Å². The van der Waals surface area contributed by atoms with Gasteiger partial charge < -0.3 is 9.67 Å². The molecule has 1 unspecified atom stereocenters. The van der Waals surface area contributed by atoms with Crippen molar-refractivity contribution in [2.24, 2.45) is 0 Å². The number of carboxylic acids is 1. The van der Waals surface area contributed by atoms with Gasteiger partial charge in [-0.3, -0.25) is 0 Å². The molecule has 1 N–H and O–H groups in total. The summed E-state index contributed by atoms with van der Waals surface area (Å²) >= 11 is 6.95. The van der Waals surface area contributed by atoms with E-state index >= 15 is 0 Å². The molecular weight excluding hydrogens is 386 g/mol. The van der Waals surface area contributed by atoms with Crippen molar-refractivity contribution >= 4 is 59.6 Å². The van der Waals surface area contributed by atoms with Gasteiger partial charge in [0, 0.05) is 30.8 Å². The van der Waals surface area contributed by atoms with Crippen LogP contribution in [0.4, 0.5) is 0 Å². The van der Waals surface area contributed by atoms with Crippen LogP contribution in [0.2, 0.25) is 0 Å². The van der Waals surface area contributed by atoms with Gasteiger partial charge in [-0.15, -0.1) is 0 Å². The van der Waals surface area contributed by atoms with Crippen molar-refractivity contribution < 1.29 is 9.90 Å². The number of hydrogen-bond acceptors (Lipinski definition) is 1. The van der Waals surface area contributed by atoms with Crippen LogP contribution in [0.1, 0.15) is 13.0 Å². The summed E-state index contributed by atoms with van der Waals surface area (Å²) in [5, 5.41) is 11.4. The van der Waals surface area contributed by atoms with Crippen LogP contribution in [0.25, 0.3) is 21.8 Å². The molecule has 0 saturated heterocycles. The predicted octanol–water partition coefficient (Wildman–Crippen LogP) is 4.97. The van der Waals surface area contributed by atoms with Gasteiger partial charge in [-0.1, -0.05) is 31.9 Å². The standard InChI is InChI=1S/C15H11Br2NO2/c1-8(15(19)20)18-13-4-2-9(16)6-11(13)12-7-10(17)3-5-14(12)18/h2-8H,1H3,(H,19,20). The molecule has 2 aromatic carbocycles. The Balaban J connectivity index is 2.50. The quantitative estimate of drug-likeness (QED) is 0.664. The Morgan fingerprint density at radius 2 is 1.50 bits per heavy atom. The molecule has 1 aromatic heterocycles. The highest BCUT2D eigenvalue weighted by molar-refractivity contribution is 9.10. The van der Waals surface area contributed by atoms with Crippen molar-refractivity contribution in [2.45, 2.75) is 13.0 Å². The number of aliphatic carboxylic acids is 1. The van der Waals surface area contributed by atoms with Crippen LogP contribution in [-0.2, 0) is 4.79 Å². The Kier molecular flexibility index (Phi) is 3.34. The topological polar surface area (TPSA) is 42.2 Å². The molecule has 3 rings (SSSR count). The first kappa shape index (κ1) is 13.6. The zero-order chi connectivity index (χ0) is 14.4. The average Bonchev–Trinajstić information content (AvgIpc) is 2.71. The van der Waals surface area contributed by atoms with Crippen LogP contribution in [0.3, 0.4) is 0 Å². The van der Waals surface area contributed by atoms with Crippen molar-refractivity contribution in [3.05, 3.63) is 45.3 Å². The average molecular weight is 397 g/mol. The third-order valence-electron chi connectivity index (χ3n) is 3.47. The minimum Gasteiger partial charge on any atom is -0.480 e. The van der Waals surface area contributed by atoms with Crippen molar-refractivity contribution in [2.75, 3.05) is 0 Å². The van der Waals surface area contributed by atoms with Crippen molar-refractivity contribution in [1.29, 1.82) is 0 Å². The molecule has 20 heavy (non-hydrogen) atoms. The summed E-state index contributed by atoms with van der Waals surface area (Å²) in [6, 6.07) is 11.2.